The largest absolute Gasteiger partial charge is 0.438 e. The van der Waals surface area contributed by atoms with Crippen molar-refractivity contribution in [2.75, 3.05) is 4.61 Å². The molecule has 0 radical (unpaired) electrons. The van der Waals surface area contributed by atoms with Gasteiger partial charge < -0.3 is 4.74 Å². The number of nitrogens with zero attached hydrogens (tertiary/aromatic N) is 3. The lowest BCUT2D eigenvalue weighted by molar-refractivity contribution is 0.172. The van der Waals surface area contributed by atoms with Crippen LogP contribution in [0.25, 0.3) is 22.6 Å². The van der Waals surface area contributed by atoms with Gasteiger partial charge in [0.2, 0.25) is 0 Å². The molecule has 0 atom stereocenters. The Balaban J connectivity index is 2.25. The van der Waals surface area contributed by atoms with Crippen LogP contribution in [0.5, 0.6) is 0 Å². The van der Waals surface area contributed by atoms with Crippen molar-refractivity contribution in [2.24, 2.45) is 0 Å². The molecule has 96 valence electrons. The maximum Gasteiger partial charge on any atom is 0.421 e. The van der Waals surface area contributed by atoms with Crippen LogP contribution in [0.4, 0.5) is 4.79 Å². The molecule has 3 aromatic rings. The van der Waals surface area contributed by atoms with Crippen molar-refractivity contribution in [3.05, 3.63) is 35.2 Å². The van der Waals surface area contributed by atoms with E-state index in [1.165, 1.54) is 15.9 Å². The third-order valence-electron chi connectivity index (χ3n) is 2.58. The fraction of sp³-hybridized carbons (Fsp3) is 0.0833. The molecule has 19 heavy (non-hydrogen) atoms. The van der Waals surface area contributed by atoms with E-state index >= 15 is 0 Å². The summed E-state index contributed by atoms with van der Waals surface area (Å²) < 4.78 is 6.83. The van der Waals surface area contributed by atoms with Gasteiger partial charge in [0.25, 0.3) is 0 Å². The van der Waals surface area contributed by atoms with E-state index in [0.29, 0.717) is 16.1 Å². The van der Waals surface area contributed by atoms with Crippen LogP contribution in [0.2, 0.25) is 0 Å². The molecule has 1 aromatic carbocycles. The van der Waals surface area contributed by atoms with Gasteiger partial charge in [0, 0.05) is 5.38 Å². The third-order valence-corrected chi connectivity index (χ3v) is 3.48. The van der Waals surface area contributed by atoms with E-state index < -0.39 is 6.09 Å². The number of carbonyl (C=O) groups is 1. The van der Waals surface area contributed by atoms with Crippen LogP contribution in [0, 0.1) is 0 Å². The molecule has 0 aliphatic carbocycles. The van der Waals surface area contributed by atoms with Crippen molar-refractivity contribution >= 4 is 51.1 Å². The average molecular weight is 385 g/mol. The molecule has 0 aliphatic heterocycles. The highest BCUT2D eigenvalue weighted by molar-refractivity contribution is 14.1. The molecular formula is C12H8IN3O2S. The maximum atomic E-state index is 12.1. The van der Waals surface area contributed by atoms with Crippen LogP contribution in [0.3, 0.4) is 0 Å². The summed E-state index contributed by atoms with van der Waals surface area (Å²) in [6.07, 6.45) is -0.439. The molecule has 0 amide bonds. The number of carbonyl (C=O) groups excluding carboxylic acids is 1. The highest BCUT2D eigenvalue weighted by atomic mass is 127. The first-order chi connectivity index (χ1) is 9.31. The molecule has 0 fully saturated rings. The summed E-state index contributed by atoms with van der Waals surface area (Å²) in [4.78, 5) is 20.8. The zero-order valence-electron chi connectivity index (χ0n) is 9.62. The standard InChI is InChI=1S/C12H8IN3O2S/c13-6-18-12(17)16-10-4-2-1-3-8(10)15-11(16)9-5-19-7-14-9/h1-5,7H,6H2. The Morgan fingerprint density at radius 1 is 1.42 bits per heavy atom. The topological polar surface area (TPSA) is 57.0 Å². The number of thiazole rings is 1. The van der Waals surface area contributed by atoms with Gasteiger partial charge in [0.1, 0.15) is 10.3 Å². The number of alkyl halides is 1. The Labute approximate surface area is 126 Å². The third kappa shape index (κ3) is 2.23. The molecule has 2 aromatic heterocycles. The van der Waals surface area contributed by atoms with Crippen LogP contribution in [0.15, 0.2) is 35.2 Å². The normalized spacial score (nSPS) is 10.8. The van der Waals surface area contributed by atoms with Crippen molar-refractivity contribution < 1.29 is 9.53 Å². The van der Waals surface area contributed by atoms with Gasteiger partial charge in [-0.1, -0.05) is 12.1 Å². The number of aromatic nitrogens is 3. The highest BCUT2D eigenvalue weighted by Crippen LogP contribution is 2.24. The number of benzene rings is 1. The Morgan fingerprint density at radius 2 is 2.26 bits per heavy atom. The number of imidazole rings is 1. The molecule has 2 heterocycles. The lowest BCUT2D eigenvalue weighted by Crippen LogP contribution is -2.14. The average Bonchev–Trinajstić information content (AvgIpc) is 3.06. The highest BCUT2D eigenvalue weighted by Gasteiger charge is 2.19. The SMILES string of the molecule is O=C(OCI)n1c(-c2cscn2)nc2ccccc21. The zero-order valence-corrected chi connectivity index (χ0v) is 12.6. The summed E-state index contributed by atoms with van der Waals surface area (Å²) in [6, 6.07) is 7.45. The van der Waals surface area contributed by atoms with Gasteiger partial charge in [-0.2, -0.15) is 0 Å². The summed E-state index contributed by atoms with van der Waals surface area (Å²) in [7, 11) is 0. The van der Waals surface area contributed by atoms with Gasteiger partial charge in [0.15, 0.2) is 5.82 Å². The molecule has 0 aliphatic rings. The number of fused-ring (bicyclic) bond motifs is 1. The van der Waals surface area contributed by atoms with Crippen molar-refractivity contribution in [1.29, 1.82) is 0 Å². The maximum absolute atomic E-state index is 12.1. The monoisotopic (exact) mass is 385 g/mol. The van der Waals surface area contributed by atoms with Crippen molar-refractivity contribution in [2.45, 2.75) is 0 Å². The molecule has 0 N–H and O–H groups in total. The van der Waals surface area contributed by atoms with E-state index in [-0.39, 0.29) is 0 Å². The molecule has 0 unspecified atom stereocenters. The van der Waals surface area contributed by atoms with Crippen LogP contribution < -0.4 is 0 Å². The van der Waals surface area contributed by atoms with Gasteiger partial charge in [-0.05, 0) is 34.7 Å². The Kier molecular flexibility index (Phi) is 3.47. The predicted molar refractivity (Wildman–Crippen MR) is 81.6 cm³/mol. The van der Waals surface area contributed by atoms with Gasteiger partial charge in [-0.3, -0.25) is 0 Å². The lowest BCUT2D eigenvalue weighted by Gasteiger charge is -2.05. The van der Waals surface area contributed by atoms with Crippen LogP contribution >= 0.6 is 33.9 Å². The predicted octanol–water partition coefficient (Wildman–Crippen LogP) is 3.54. The molecule has 0 saturated carbocycles. The molecule has 3 rings (SSSR count). The van der Waals surface area contributed by atoms with Crippen molar-refractivity contribution in [3.63, 3.8) is 0 Å². The van der Waals surface area contributed by atoms with Crippen molar-refractivity contribution in [3.8, 4) is 11.5 Å². The van der Waals surface area contributed by atoms with Gasteiger partial charge in [0.05, 0.1) is 16.5 Å². The first-order valence-corrected chi connectivity index (χ1v) is 7.87. The number of rotatable bonds is 2. The van der Waals surface area contributed by atoms with E-state index in [4.69, 9.17) is 4.74 Å². The summed E-state index contributed by atoms with van der Waals surface area (Å²) in [5, 5.41) is 1.86. The summed E-state index contributed by atoms with van der Waals surface area (Å²) in [5.74, 6) is 0.511. The summed E-state index contributed by atoms with van der Waals surface area (Å²) in [6.45, 7) is 0. The van der Waals surface area contributed by atoms with E-state index in [1.54, 1.807) is 5.51 Å². The molecule has 0 spiro atoms. The summed E-state index contributed by atoms with van der Waals surface area (Å²) >= 11 is 3.45. The number of hydrogen-bond acceptors (Lipinski definition) is 5. The Morgan fingerprint density at radius 3 is 3.00 bits per heavy atom. The number of halogens is 1. The minimum absolute atomic E-state index is 0.291. The second-order valence-electron chi connectivity index (χ2n) is 3.65. The minimum atomic E-state index is -0.439. The van der Waals surface area contributed by atoms with Gasteiger partial charge >= 0.3 is 6.09 Å². The van der Waals surface area contributed by atoms with E-state index in [2.05, 4.69) is 9.97 Å². The zero-order chi connectivity index (χ0) is 13.2. The minimum Gasteiger partial charge on any atom is -0.438 e. The smallest absolute Gasteiger partial charge is 0.421 e. The van der Waals surface area contributed by atoms with Crippen LogP contribution in [-0.4, -0.2) is 25.2 Å². The van der Waals surface area contributed by atoms with E-state index in [1.807, 2.05) is 52.2 Å². The lowest BCUT2D eigenvalue weighted by atomic mass is 10.3. The first-order valence-electron chi connectivity index (χ1n) is 5.40. The van der Waals surface area contributed by atoms with Gasteiger partial charge in [-0.25, -0.2) is 19.3 Å². The first kappa shape index (κ1) is 12.5. The van der Waals surface area contributed by atoms with E-state index in [9.17, 15) is 4.79 Å². The van der Waals surface area contributed by atoms with Crippen LogP contribution in [0.1, 0.15) is 0 Å². The second kappa shape index (κ2) is 5.25. The van der Waals surface area contributed by atoms with Crippen molar-refractivity contribution in [1.82, 2.24) is 14.5 Å². The summed E-state index contributed by atoms with van der Waals surface area (Å²) in [5.41, 5.74) is 3.85. The molecule has 0 bridgehead atoms. The van der Waals surface area contributed by atoms with E-state index in [0.717, 1.165) is 11.0 Å². The Bertz CT molecular complexity index is 724. The van der Waals surface area contributed by atoms with Gasteiger partial charge in [-0.15, -0.1) is 11.3 Å². The fourth-order valence-electron chi connectivity index (χ4n) is 1.82. The van der Waals surface area contributed by atoms with Crippen LogP contribution in [-0.2, 0) is 4.74 Å². The Hall–Kier alpha value is -1.48. The second-order valence-corrected chi connectivity index (χ2v) is 4.99. The molecule has 7 heteroatoms. The quantitative estimate of drug-likeness (QED) is 0.500. The number of ether oxygens (including phenoxy) is 1. The molecule has 0 saturated heterocycles. The molecular weight excluding hydrogens is 377 g/mol. The fourth-order valence-corrected chi connectivity index (χ4v) is 2.61. The number of hydrogen-bond donors (Lipinski definition) is 0. The molecule has 5 nitrogen and oxygen atoms in total. The number of para-hydroxylation sites is 2.